The van der Waals surface area contributed by atoms with Crippen molar-refractivity contribution in [1.29, 1.82) is 0 Å². The minimum atomic E-state index is -5.08. The highest BCUT2D eigenvalue weighted by atomic mass is 35.5. The number of carbonyl (C=O) groups is 3. The second-order valence-electron chi connectivity index (χ2n) is 14.9. The van der Waals surface area contributed by atoms with E-state index in [-0.39, 0.29) is 45.6 Å². The number of alkyl halides is 5. The molecule has 332 valence electrons. The zero-order valence-electron chi connectivity index (χ0n) is 32.5. The number of ether oxygens (including phenoxy) is 4. The van der Waals surface area contributed by atoms with E-state index in [1.807, 2.05) is 0 Å². The van der Waals surface area contributed by atoms with E-state index in [1.165, 1.54) is 54.6 Å². The number of nitrogens with one attached hydrogen (secondary N) is 1. The van der Waals surface area contributed by atoms with Gasteiger partial charge in [0.1, 0.15) is 28.1 Å². The number of hydrogen-bond donors (Lipinski definition) is 2. The van der Waals surface area contributed by atoms with Crippen molar-refractivity contribution in [1.82, 2.24) is 4.90 Å². The third-order valence-corrected chi connectivity index (χ3v) is 11.0. The molecule has 8 rings (SSSR count). The maximum atomic E-state index is 13.9. The van der Waals surface area contributed by atoms with Gasteiger partial charge in [0.05, 0.1) is 12.2 Å². The summed E-state index contributed by atoms with van der Waals surface area (Å²) in [6.45, 7) is -0.210. The Labute approximate surface area is 360 Å². The molecule has 4 aromatic rings. The van der Waals surface area contributed by atoms with Crippen LogP contribution < -0.4 is 19.5 Å². The average Bonchev–Trinajstić information content (AvgIpc) is 4.06. The van der Waals surface area contributed by atoms with Gasteiger partial charge in [0.2, 0.25) is 0 Å². The standard InChI is InChI=1S/C40H38Cl2F3N3O7.C2HF3O2/c41-31-19-48(51)20-32(42)30(31)18-34(26-8-11-33(55-40(44)45)35(17-26)52-22-23-4-5-23)53-38(49)27-2-1-3-29(16-27)46-37(25-6-9-28(43)10-7-25)39(50)54-36-21-47-14-12-24(36)13-15-47;3-2(4,5)1(6)7/h1-3,6-11,16-17,19-20,23-24,34,36-37,40,46H,4-5,12-15,18,21-22H2;(H,6,7)/t34-,36-,37?;/m0./s1. The molecule has 4 heterocycles. The lowest BCUT2D eigenvalue weighted by Gasteiger charge is -2.44. The number of carboxylic acids is 1. The molecule has 3 saturated heterocycles. The van der Waals surface area contributed by atoms with Gasteiger partial charge in [-0.05, 0) is 104 Å². The fourth-order valence-corrected chi connectivity index (χ4v) is 7.56. The van der Waals surface area contributed by atoms with Crippen molar-refractivity contribution in [2.75, 3.05) is 31.6 Å². The first-order valence-electron chi connectivity index (χ1n) is 19.3. The van der Waals surface area contributed by atoms with Crippen molar-refractivity contribution in [3.05, 3.63) is 122 Å². The molecule has 3 atom stereocenters. The van der Waals surface area contributed by atoms with E-state index in [4.69, 9.17) is 52.1 Å². The summed E-state index contributed by atoms with van der Waals surface area (Å²) in [5, 5.41) is 22.3. The van der Waals surface area contributed by atoms with Crippen molar-refractivity contribution >= 4 is 46.8 Å². The largest absolute Gasteiger partial charge is 0.619 e. The van der Waals surface area contributed by atoms with E-state index in [1.54, 1.807) is 12.1 Å². The number of benzene rings is 3. The minimum absolute atomic E-state index is 0.0228. The molecule has 4 fully saturated rings. The van der Waals surface area contributed by atoms with Crippen LogP contribution in [-0.4, -0.2) is 73.0 Å². The predicted octanol–water partition coefficient (Wildman–Crippen LogP) is 8.72. The number of esters is 2. The highest BCUT2D eigenvalue weighted by molar-refractivity contribution is 6.35. The molecular weight excluding hydrogens is 875 g/mol. The molecule has 0 amide bonds. The number of carbonyl (C=O) groups excluding carboxylic acids is 2. The quantitative estimate of drug-likeness (QED) is 0.0510. The van der Waals surface area contributed by atoms with E-state index in [2.05, 4.69) is 10.2 Å². The Morgan fingerprint density at radius 2 is 1.56 bits per heavy atom. The fourth-order valence-electron chi connectivity index (χ4n) is 6.96. The molecule has 1 aromatic heterocycles. The van der Waals surface area contributed by atoms with E-state index >= 15 is 0 Å². The van der Waals surface area contributed by atoms with Gasteiger partial charge in [0.15, 0.2) is 29.9 Å². The molecule has 4 aliphatic rings. The first-order valence-corrected chi connectivity index (χ1v) is 20.0. The van der Waals surface area contributed by atoms with Gasteiger partial charge in [0, 0.05) is 24.2 Å². The Bertz CT molecular complexity index is 2200. The molecule has 62 heavy (non-hydrogen) atoms. The summed E-state index contributed by atoms with van der Waals surface area (Å²) in [5.74, 6) is -4.12. The van der Waals surface area contributed by atoms with Crippen molar-refractivity contribution in [3.8, 4) is 11.5 Å². The fraction of sp³-hybridized carbons (Fsp3) is 0.381. The van der Waals surface area contributed by atoms with Crippen LogP contribution in [0.5, 0.6) is 11.5 Å². The number of rotatable bonds is 15. The van der Waals surface area contributed by atoms with Crippen molar-refractivity contribution < 1.29 is 69.5 Å². The number of aromatic nitrogens is 1. The lowest BCUT2D eigenvalue weighted by atomic mass is 9.86. The smallest absolute Gasteiger partial charge is 0.490 e. The number of aliphatic carboxylic acids is 1. The van der Waals surface area contributed by atoms with Crippen LogP contribution in [0.2, 0.25) is 10.0 Å². The number of pyridine rings is 1. The van der Waals surface area contributed by atoms with Gasteiger partial charge in [-0.15, -0.1) is 0 Å². The molecule has 1 aliphatic carbocycles. The summed E-state index contributed by atoms with van der Waals surface area (Å²) in [4.78, 5) is 38.8. The average molecular weight is 915 g/mol. The predicted molar refractivity (Wildman–Crippen MR) is 211 cm³/mol. The Kier molecular flexibility index (Phi) is 15.0. The first-order chi connectivity index (χ1) is 29.4. The number of fused-ring (bicyclic) bond motifs is 3. The van der Waals surface area contributed by atoms with Gasteiger partial charge < -0.3 is 34.6 Å². The van der Waals surface area contributed by atoms with Crippen molar-refractivity contribution in [2.45, 2.75) is 63.1 Å². The monoisotopic (exact) mass is 913 g/mol. The molecule has 3 aromatic carbocycles. The van der Waals surface area contributed by atoms with Gasteiger partial charge in [-0.1, -0.05) is 47.5 Å². The Hall–Kier alpha value is -5.46. The van der Waals surface area contributed by atoms with E-state index < -0.39 is 48.7 Å². The molecule has 1 unspecified atom stereocenters. The molecule has 20 heteroatoms. The zero-order chi connectivity index (χ0) is 44.7. The normalized spacial score (nSPS) is 19.1. The number of carboxylic acid groups (broad SMARTS) is 1. The Balaban J connectivity index is 0.000000845. The molecular formula is C42H39Cl2F6N3O9. The zero-order valence-corrected chi connectivity index (χ0v) is 34.0. The lowest BCUT2D eigenvalue weighted by Crippen LogP contribution is -2.52. The highest BCUT2D eigenvalue weighted by Gasteiger charge is 2.39. The summed E-state index contributed by atoms with van der Waals surface area (Å²) < 4.78 is 95.4. The third-order valence-electron chi connectivity index (χ3n) is 10.4. The summed E-state index contributed by atoms with van der Waals surface area (Å²) >= 11 is 12.8. The highest BCUT2D eigenvalue weighted by Crippen LogP contribution is 2.38. The summed E-state index contributed by atoms with van der Waals surface area (Å²) in [7, 11) is 0. The van der Waals surface area contributed by atoms with Crippen LogP contribution in [0, 0.1) is 22.9 Å². The number of hydrogen-bond acceptors (Lipinski definition) is 10. The first kappa shape index (κ1) is 46.1. The Morgan fingerprint density at radius 3 is 2.15 bits per heavy atom. The maximum Gasteiger partial charge on any atom is 0.490 e. The summed E-state index contributed by atoms with van der Waals surface area (Å²) in [6, 6.07) is 15.0. The molecule has 3 aliphatic heterocycles. The van der Waals surface area contributed by atoms with Gasteiger partial charge in [-0.2, -0.15) is 26.7 Å². The molecule has 1 saturated carbocycles. The second-order valence-corrected chi connectivity index (χ2v) is 15.7. The maximum absolute atomic E-state index is 13.9. The third kappa shape index (κ3) is 12.6. The number of halogens is 8. The topological polar surface area (TPSA) is 151 Å². The van der Waals surface area contributed by atoms with E-state index in [0.717, 1.165) is 51.2 Å². The lowest BCUT2D eigenvalue weighted by molar-refractivity contribution is -0.605. The van der Waals surface area contributed by atoms with Crippen LogP contribution in [0.1, 0.15) is 64.9 Å². The molecule has 2 N–H and O–H groups in total. The summed E-state index contributed by atoms with van der Waals surface area (Å²) in [6.07, 6.45) is -0.530. The van der Waals surface area contributed by atoms with Crippen LogP contribution in [0.4, 0.5) is 32.0 Å². The van der Waals surface area contributed by atoms with Crippen LogP contribution in [-0.2, 0) is 25.5 Å². The van der Waals surface area contributed by atoms with E-state index in [9.17, 15) is 41.1 Å². The van der Waals surface area contributed by atoms with Crippen LogP contribution in [0.25, 0.3) is 0 Å². The Morgan fingerprint density at radius 1 is 0.919 bits per heavy atom. The number of anilines is 1. The van der Waals surface area contributed by atoms with E-state index in [0.29, 0.717) is 46.2 Å². The van der Waals surface area contributed by atoms with Crippen LogP contribution in [0.15, 0.2) is 79.1 Å². The number of piperidine rings is 3. The van der Waals surface area contributed by atoms with Crippen LogP contribution in [0.3, 0.4) is 0 Å². The van der Waals surface area contributed by atoms with Gasteiger partial charge >= 0.3 is 30.7 Å². The van der Waals surface area contributed by atoms with Gasteiger partial charge in [-0.25, -0.2) is 18.8 Å². The van der Waals surface area contributed by atoms with Crippen molar-refractivity contribution in [2.24, 2.45) is 11.8 Å². The van der Waals surface area contributed by atoms with Crippen molar-refractivity contribution in [3.63, 3.8) is 0 Å². The molecule has 2 bridgehead atoms. The second kappa shape index (κ2) is 20.2. The SMILES string of the molecule is O=C(O)C(F)(F)F.O=C(O[C@@H](Cc1c(Cl)c[n+]([O-])cc1Cl)c1ccc(OC(F)F)c(OCC2CC2)c1)c1cccc(NC(C(=O)O[C@H]2CN3CCC2CC3)c2ccc(F)cc2)c1. The summed E-state index contributed by atoms with van der Waals surface area (Å²) in [5.41, 5.74) is 1.61. The van der Waals surface area contributed by atoms with Gasteiger partial charge in [0.25, 0.3) is 0 Å². The minimum Gasteiger partial charge on any atom is -0.619 e. The number of nitrogens with zero attached hydrogens (tertiary/aromatic N) is 2. The molecule has 0 radical (unpaired) electrons. The van der Waals surface area contributed by atoms with Crippen LogP contribution >= 0.6 is 23.2 Å². The molecule has 12 nitrogen and oxygen atoms in total. The van der Waals surface area contributed by atoms with Gasteiger partial charge in [-0.3, -0.25) is 4.90 Å². The molecule has 0 spiro atoms.